The molecule has 3 heteroatoms. The molecule has 0 saturated carbocycles. The number of Topliss-reactive ketones (excluding diaryl/α,β-unsaturated/α-hetero) is 1. The Labute approximate surface area is 124 Å². The first-order valence-corrected chi connectivity index (χ1v) is 6.84. The fourth-order valence-electron chi connectivity index (χ4n) is 2.50. The van der Waals surface area contributed by atoms with E-state index in [9.17, 15) is 9.59 Å². The third-order valence-electron chi connectivity index (χ3n) is 3.45. The van der Waals surface area contributed by atoms with Crippen LogP contribution < -0.4 is 0 Å². The highest BCUT2D eigenvalue weighted by atomic mass is 16.5. The lowest BCUT2D eigenvalue weighted by Gasteiger charge is -2.32. The maximum absolute atomic E-state index is 12.4. The smallest absolute Gasteiger partial charge is 0.233 e. The molecule has 1 unspecified atom stereocenters. The summed E-state index contributed by atoms with van der Waals surface area (Å²) in [6.07, 6.45) is 1.83. The van der Waals surface area contributed by atoms with E-state index in [0.29, 0.717) is 17.7 Å². The molecule has 1 radical (unpaired) electrons. The summed E-state index contributed by atoms with van der Waals surface area (Å²) in [6.45, 7) is 3.77. The second-order valence-electron chi connectivity index (χ2n) is 4.72. The van der Waals surface area contributed by atoms with Gasteiger partial charge in [-0.25, -0.2) is 0 Å². The van der Waals surface area contributed by atoms with Gasteiger partial charge in [0.05, 0.1) is 0 Å². The fraction of sp³-hybridized carbons (Fsp3) is 0.222. The van der Waals surface area contributed by atoms with E-state index in [1.165, 1.54) is 6.92 Å². The van der Waals surface area contributed by atoms with Gasteiger partial charge in [0.1, 0.15) is 0 Å². The molecule has 1 atom stereocenters. The van der Waals surface area contributed by atoms with E-state index in [4.69, 9.17) is 4.74 Å². The highest BCUT2D eigenvalue weighted by Crippen LogP contribution is 2.34. The number of carbonyl (C=O) groups is 1. The van der Waals surface area contributed by atoms with Crippen molar-refractivity contribution < 1.29 is 14.3 Å². The Balaban J connectivity index is 2.63. The van der Waals surface area contributed by atoms with Gasteiger partial charge in [-0.15, -0.1) is 0 Å². The molecule has 0 aliphatic carbocycles. The van der Waals surface area contributed by atoms with Crippen LogP contribution in [0.5, 0.6) is 0 Å². The van der Waals surface area contributed by atoms with Crippen LogP contribution in [0.4, 0.5) is 0 Å². The molecule has 2 rings (SSSR count). The summed E-state index contributed by atoms with van der Waals surface area (Å²) in [5.41, 5.74) is 0.794. The average Bonchev–Trinajstić information content (AvgIpc) is 2.53. The summed E-state index contributed by atoms with van der Waals surface area (Å²) in [5.74, 6) is -0.0987. The number of hydrogen-bond acceptors (Lipinski definition) is 3. The molecular weight excluding hydrogens is 264 g/mol. The molecule has 0 fully saturated rings. The van der Waals surface area contributed by atoms with Gasteiger partial charge in [-0.2, -0.15) is 0 Å². The average molecular weight is 281 g/mol. The maximum Gasteiger partial charge on any atom is 0.233 e. The van der Waals surface area contributed by atoms with E-state index in [0.717, 1.165) is 5.56 Å². The minimum atomic E-state index is -1.14. The van der Waals surface area contributed by atoms with Gasteiger partial charge in [0.25, 0.3) is 0 Å². The lowest BCUT2D eigenvalue weighted by Crippen LogP contribution is -2.38. The summed E-state index contributed by atoms with van der Waals surface area (Å²) < 4.78 is 5.89. The molecule has 0 aliphatic rings. The van der Waals surface area contributed by atoms with Crippen LogP contribution in [-0.4, -0.2) is 18.7 Å². The number of benzene rings is 2. The van der Waals surface area contributed by atoms with Crippen molar-refractivity contribution >= 4 is 12.1 Å². The third kappa shape index (κ3) is 2.78. The topological polar surface area (TPSA) is 43.4 Å². The quantitative estimate of drug-likeness (QED) is 0.817. The Hall–Kier alpha value is -2.26. The Bertz CT molecular complexity index is 617. The summed E-state index contributed by atoms with van der Waals surface area (Å²) in [4.78, 5) is 23.1. The lowest BCUT2D eigenvalue weighted by molar-refractivity contribution is -0.137. The molecular formula is C18H17O3. The minimum Gasteiger partial charge on any atom is -0.358 e. The third-order valence-corrected chi connectivity index (χ3v) is 3.45. The van der Waals surface area contributed by atoms with Crippen LogP contribution in [0, 0.1) is 0 Å². The van der Waals surface area contributed by atoms with Crippen LogP contribution in [0.15, 0.2) is 54.6 Å². The van der Waals surface area contributed by atoms with Crippen LogP contribution >= 0.6 is 0 Å². The van der Waals surface area contributed by atoms with Gasteiger partial charge in [-0.1, -0.05) is 54.6 Å². The van der Waals surface area contributed by atoms with Crippen LogP contribution in [0.25, 0.3) is 0 Å². The summed E-state index contributed by atoms with van der Waals surface area (Å²) >= 11 is 0. The molecule has 107 valence electrons. The van der Waals surface area contributed by atoms with Gasteiger partial charge in [0, 0.05) is 12.2 Å². The van der Waals surface area contributed by atoms with Crippen molar-refractivity contribution in [1.82, 2.24) is 0 Å². The Morgan fingerprint density at radius 2 is 1.62 bits per heavy atom. The number of ketones is 1. The van der Waals surface area contributed by atoms with E-state index in [2.05, 4.69) is 0 Å². The molecule has 0 amide bonds. The van der Waals surface area contributed by atoms with Gasteiger partial charge in [-0.3, -0.25) is 9.59 Å². The maximum atomic E-state index is 12.4. The normalized spacial score (nSPS) is 13.4. The van der Waals surface area contributed by atoms with Gasteiger partial charge in [-0.05, 0) is 25.0 Å². The first-order valence-electron chi connectivity index (χ1n) is 6.84. The van der Waals surface area contributed by atoms with E-state index < -0.39 is 5.60 Å². The van der Waals surface area contributed by atoms with E-state index in [1.54, 1.807) is 24.3 Å². The monoisotopic (exact) mass is 281 g/mol. The first-order chi connectivity index (χ1) is 10.1. The summed E-state index contributed by atoms with van der Waals surface area (Å²) in [6, 6.07) is 16.1. The summed E-state index contributed by atoms with van der Waals surface area (Å²) in [7, 11) is 0. The molecule has 3 nitrogen and oxygen atoms in total. The van der Waals surface area contributed by atoms with Crippen molar-refractivity contribution in [2.75, 3.05) is 6.61 Å². The highest BCUT2D eigenvalue weighted by molar-refractivity contribution is 5.90. The zero-order chi connectivity index (χ0) is 15.3. The van der Waals surface area contributed by atoms with Gasteiger partial charge in [0.2, 0.25) is 6.29 Å². The van der Waals surface area contributed by atoms with E-state index in [-0.39, 0.29) is 5.78 Å². The molecule has 0 aliphatic heterocycles. The second-order valence-corrected chi connectivity index (χ2v) is 4.72. The number of hydrogen-bond donors (Lipinski definition) is 0. The fourth-order valence-corrected chi connectivity index (χ4v) is 2.50. The van der Waals surface area contributed by atoms with Crippen LogP contribution in [-0.2, 0) is 19.9 Å². The molecule has 0 heterocycles. The van der Waals surface area contributed by atoms with Crippen LogP contribution in [0.2, 0.25) is 0 Å². The number of rotatable bonds is 6. The molecule has 0 spiro atoms. The second kappa shape index (κ2) is 6.46. The van der Waals surface area contributed by atoms with E-state index in [1.807, 2.05) is 43.5 Å². The van der Waals surface area contributed by atoms with Crippen molar-refractivity contribution in [3.63, 3.8) is 0 Å². The summed E-state index contributed by atoms with van der Waals surface area (Å²) in [5, 5.41) is 0. The molecule has 2 aromatic carbocycles. The SMILES string of the molecule is CCOC(C(C)=O)(c1ccccc1)c1ccc([C]=O)cc1. The Morgan fingerprint density at radius 3 is 2.10 bits per heavy atom. The zero-order valence-corrected chi connectivity index (χ0v) is 12.1. The van der Waals surface area contributed by atoms with Crippen molar-refractivity contribution in [2.45, 2.75) is 19.4 Å². The largest absolute Gasteiger partial charge is 0.358 e. The van der Waals surface area contributed by atoms with Crippen molar-refractivity contribution in [1.29, 1.82) is 0 Å². The molecule has 2 aromatic rings. The van der Waals surface area contributed by atoms with E-state index >= 15 is 0 Å². The highest BCUT2D eigenvalue weighted by Gasteiger charge is 2.40. The molecule has 0 saturated heterocycles. The van der Waals surface area contributed by atoms with Gasteiger partial charge in [0.15, 0.2) is 11.4 Å². The first kappa shape index (κ1) is 15.1. The Morgan fingerprint density at radius 1 is 1.05 bits per heavy atom. The number of carbonyl (C=O) groups excluding carboxylic acids is 2. The van der Waals surface area contributed by atoms with Crippen molar-refractivity contribution in [2.24, 2.45) is 0 Å². The molecule has 0 N–H and O–H groups in total. The van der Waals surface area contributed by atoms with Crippen LogP contribution in [0.1, 0.15) is 30.5 Å². The molecule has 0 aromatic heterocycles. The van der Waals surface area contributed by atoms with Gasteiger partial charge >= 0.3 is 0 Å². The Kier molecular flexibility index (Phi) is 4.66. The minimum absolute atomic E-state index is 0.0987. The predicted octanol–water partition coefficient (Wildman–Crippen LogP) is 3.01. The standard InChI is InChI=1S/C18H17O3/c1-3-21-18(14(2)20,16-7-5-4-6-8-16)17-11-9-15(13-19)10-12-17/h4-12H,3H2,1-2H3. The number of ether oxygens (including phenoxy) is 1. The lowest BCUT2D eigenvalue weighted by atomic mass is 9.82. The molecule has 0 bridgehead atoms. The van der Waals surface area contributed by atoms with Crippen molar-refractivity contribution in [3.8, 4) is 0 Å². The molecule has 21 heavy (non-hydrogen) atoms. The van der Waals surface area contributed by atoms with Crippen molar-refractivity contribution in [3.05, 3.63) is 71.3 Å². The van der Waals surface area contributed by atoms with Gasteiger partial charge < -0.3 is 4.74 Å². The zero-order valence-electron chi connectivity index (χ0n) is 12.1. The predicted molar refractivity (Wildman–Crippen MR) is 80.8 cm³/mol. The van der Waals surface area contributed by atoms with Crippen LogP contribution in [0.3, 0.4) is 0 Å².